The van der Waals surface area contributed by atoms with Gasteiger partial charge in [0.15, 0.2) is 5.75 Å². The molecular weight excluding hydrogens is 322 g/mol. The van der Waals surface area contributed by atoms with E-state index in [9.17, 15) is 8.42 Å². The molecule has 0 radical (unpaired) electrons. The quantitative estimate of drug-likeness (QED) is 0.669. The van der Waals surface area contributed by atoms with E-state index in [2.05, 4.69) is 4.98 Å². The number of benzene rings is 2. The first-order valence-corrected chi connectivity index (χ1v) is 9.07. The molecule has 0 saturated carbocycles. The molecule has 4 nitrogen and oxygen atoms in total. The number of hydrogen-bond donors (Lipinski definition) is 0. The summed E-state index contributed by atoms with van der Waals surface area (Å²) in [5.74, 6) is 0.302. The lowest BCUT2D eigenvalue weighted by molar-refractivity contribution is 0.487. The van der Waals surface area contributed by atoms with Crippen LogP contribution < -0.4 is 4.18 Å². The van der Waals surface area contributed by atoms with Crippen LogP contribution in [0, 0.1) is 27.7 Å². The summed E-state index contributed by atoms with van der Waals surface area (Å²) in [7, 11) is -3.92. The molecule has 1 aromatic heterocycles. The average molecular weight is 341 g/mol. The van der Waals surface area contributed by atoms with Gasteiger partial charge in [-0.15, -0.1) is 0 Å². The zero-order chi connectivity index (χ0) is 17.5. The van der Waals surface area contributed by atoms with Gasteiger partial charge >= 0.3 is 10.1 Å². The summed E-state index contributed by atoms with van der Waals surface area (Å²) in [5.41, 5.74) is 4.05. The van der Waals surface area contributed by atoms with Gasteiger partial charge in [-0.25, -0.2) is 0 Å². The molecule has 124 valence electrons. The molecule has 0 atom stereocenters. The van der Waals surface area contributed by atoms with E-state index in [4.69, 9.17) is 4.18 Å². The predicted octanol–water partition coefficient (Wildman–Crippen LogP) is 4.24. The third-order valence-electron chi connectivity index (χ3n) is 4.07. The van der Waals surface area contributed by atoms with Gasteiger partial charge in [-0.2, -0.15) is 8.42 Å². The highest BCUT2D eigenvalue weighted by molar-refractivity contribution is 7.87. The summed E-state index contributed by atoms with van der Waals surface area (Å²) in [6, 6.07) is 12.5. The number of pyridine rings is 1. The van der Waals surface area contributed by atoms with Crippen molar-refractivity contribution in [3.8, 4) is 5.75 Å². The molecule has 3 rings (SSSR count). The van der Waals surface area contributed by atoms with Crippen LogP contribution in [0.1, 0.15) is 22.4 Å². The Morgan fingerprint density at radius 2 is 1.54 bits per heavy atom. The second-order valence-corrected chi connectivity index (χ2v) is 7.53. The Morgan fingerprint density at radius 3 is 2.29 bits per heavy atom. The van der Waals surface area contributed by atoms with Crippen LogP contribution >= 0.6 is 0 Å². The lowest BCUT2D eigenvalue weighted by Crippen LogP contribution is -2.12. The summed E-state index contributed by atoms with van der Waals surface area (Å²) >= 11 is 0. The maximum atomic E-state index is 12.8. The zero-order valence-electron chi connectivity index (χ0n) is 14.1. The van der Waals surface area contributed by atoms with Crippen LogP contribution in [-0.2, 0) is 10.1 Å². The van der Waals surface area contributed by atoms with E-state index in [0.717, 1.165) is 11.1 Å². The monoisotopic (exact) mass is 341 g/mol. The number of aryl methyl sites for hydroxylation is 4. The Morgan fingerprint density at radius 1 is 0.875 bits per heavy atom. The van der Waals surface area contributed by atoms with Crippen molar-refractivity contribution in [1.29, 1.82) is 0 Å². The minimum Gasteiger partial charge on any atom is -0.378 e. The third-order valence-corrected chi connectivity index (χ3v) is 5.44. The second-order valence-electron chi connectivity index (χ2n) is 6.02. The van der Waals surface area contributed by atoms with Crippen molar-refractivity contribution in [3.05, 3.63) is 64.8 Å². The van der Waals surface area contributed by atoms with Crippen molar-refractivity contribution in [3.63, 3.8) is 0 Å². The van der Waals surface area contributed by atoms with Crippen LogP contribution in [0.2, 0.25) is 0 Å². The molecule has 3 aromatic rings. The second kappa shape index (κ2) is 5.91. The summed E-state index contributed by atoms with van der Waals surface area (Å²) in [4.78, 5) is 4.61. The number of nitrogens with zero attached hydrogens (tertiary/aromatic N) is 1. The van der Waals surface area contributed by atoms with E-state index in [0.29, 0.717) is 27.9 Å². The van der Waals surface area contributed by atoms with E-state index in [-0.39, 0.29) is 4.90 Å². The minimum absolute atomic E-state index is 0.198. The number of aromatic nitrogens is 1. The fraction of sp³-hybridized carbons (Fsp3) is 0.211. The fourth-order valence-electron chi connectivity index (χ4n) is 2.70. The van der Waals surface area contributed by atoms with Crippen LogP contribution in [0.15, 0.2) is 47.4 Å². The lowest BCUT2D eigenvalue weighted by Gasteiger charge is -2.13. The van der Waals surface area contributed by atoms with Gasteiger partial charge in [0, 0.05) is 17.1 Å². The molecular formula is C19H19NO3S. The van der Waals surface area contributed by atoms with Gasteiger partial charge in [-0.05, 0) is 62.6 Å². The molecule has 0 unspecified atom stereocenters. The topological polar surface area (TPSA) is 56.3 Å². The zero-order valence-corrected chi connectivity index (χ0v) is 14.9. The maximum Gasteiger partial charge on any atom is 0.339 e. The highest BCUT2D eigenvalue weighted by Crippen LogP contribution is 2.29. The Hall–Kier alpha value is -2.40. The van der Waals surface area contributed by atoms with Crippen molar-refractivity contribution in [2.45, 2.75) is 32.6 Å². The summed E-state index contributed by atoms with van der Waals surface area (Å²) in [6.07, 6.45) is 0. The highest BCUT2D eigenvalue weighted by Gasteiger charge is 2.21. The van der Waals surface area contributed by atoms with Crippen molar-refractivity contribution >= 4 is 21.0 Å². The van der Waals surface area contributed by atoms with Crippen LogP contribution in [0.5, 0.6) is 5.75 Å². The average Bonchev–Trinajstić information content (AvgIpc) is 2.50. The van der Waals surface area contributed by atoms with Crippen LogP contribution in [0.25, 0.3) is 10.9 Å². The molecule has 0 aliphatic heterocycles. The largest absolute Gasteiger partial charge is 0.378 e. The molecule has 24 heavy (non-hydrogen) atoms. The first-order valence-electron chi connectivity index (χ1n) is 7.66. The van der Waals surface area contributed by atoms with Crippen LogP contribution in [0.4, 0.5) is 0 Å². The van der Waals surface area contributed by atoms with Gasteiger partial charge in [0.1, 0.15) is 4.90 Å². The van der Waals surface area contributed by atoms with Crippen molar-refractivity contribution in [2.24, 2.45) is 0 Å². The molecule has 0 saturated heterocycles. The minimum atomic E-state index is -3.92. The Balaban J connectivity index is 2.13. The first-order chi connectivity index (χ1) is 11.3. The predicted molar refractivity (Wildman–Crippen MR) is 94.9 cm³/mol. The molecule has 1 heterocycles. The molecule has 2 aromatic carbocycles. The number of fused-ring (bicyclic) bond motifs is 1. The van der Waals surface area contributed by atoms with Gasteiger partial charge in [0.2, 0.25) is 0 Å². The van der Waals surface area contributed by atoms with Crippen LogP contribution in [-0.4, -0.2) is 13.4 Å². The molecule has 0 N–H and O–H groups in total. The van der Waals surface area contributed by atoms with E-state index < -0.39 is 10.1 Å². The lowest BCUT2D eigenvalue weighted by atomic mass is 10.1. The summed E-state index contributed by atoms with van der Waals surface area (Å²) < 4.78 is 31.1. The van der Waals surface area contributed by atoms with E-state index in [1.54, 1.807) is 25.1 Å². The van der Waals surface area contributed by atoms with E-state index in [1.807, 2.05) is 45.0 Å². The maximum absolute atomic E-state index is 12.8. The number of para-hydroxylation sites is 1. The van der Waals surface area contributed by atoms with E-state index >= 15 is 0 Å². The van der Waals surface area contributed by atoms with Crippen LogP contribution in [0.3, 0.4) is 0 Å². The molecule has 0 fully saturated rings. The van der Waals surface area contributed by atoms with Crippen molar-refractivity contribution in [2.75, 3.05) is 0 Å². The standard InChI is InChI=1S/C19H19NO3S/c1-12-9-14(3)19(10-13(12)2)24(21,22)23-18-11-15(4)20-17-8-6-5-7-16(17)18/h5-11H,1-4H3. The van der Waals surface area contributed by atoms with Crippen molar-refractivity contribution < 1.29 is 12.6 Å². The smallest absolute Gasteiger partial charge is 0.339 e. The molecule has 0 bridgehead atoms. The highest BCUT2D eigenvalue weighted by atomic mass is 32.2. The summed E-state index contributed by atoms with van der Waals surface area (Å²) in [5, 5.41) is 0.674. The third kappa shape index (κ3) is 2.99. The van der Waals surface area contributed by atoms with Gasteiger partial charge in [0.05, 0.1) is 5.52 Å². The Labute approximate surface area is 142 Å². The van der Waals surface area contributed by atoms with Gasteiger partial charge in [-0.3, -0.25) is 4.98 Å². The molecule has 5 heteroatoms. The molecule has 0 amide bonds. The Kier molecular flexibility index (Phi) is 4.05. The van der Waals surface area contributed by atoms with Gasteiger partial charge in [0.25, 0.3) is 0 Å². The van der Waals surface area contributed by atoms with Gasteiger partial charge in [-0.1, -0.05) is 18.2 Å². The fourth-order valence-corrected chi connectivity index (χ4v) is 3.94. The first kappa shape index (κ1) is 16.5. The molecule has 0 spiro atoms. The van der Waals surface area contributed by atoms with Gasteiger partial charge < -0.3 is 4.18 Å². The van der Waals surface area contributed by atoms with Crippen molar-refractivity contribution in [1.82, 2.24) is 4.98 Å². The molecule has 0 aliphatic rings. The van der Waals surface area contributed by atoms with E-state index in [1.165, 1.54) is 0 Å². The number of hydrogen-bond acceptors (Lipinski definition) is 4. The summed E-state index contributed by atoms with van der Waals surface area (Å²) in [6.45, 7) is 7.44. The SMILES string of the molecule is Cc1cc(OS(=O)(=O)c2cc(C)c(C)cc2C)c2ccccc2n1. The molecule has 0 aliphatic carbocycles. The normalized spacial score (nSPS) is 11.7. The Bertz CT molecular complexity index is 1040. The number of rotatable bonds is 3.